The number of aryl methyl sites for hydroxylation is 1. The fraction of sp³-hybridized carbons (Fsp3) is 0.0714. The van der Waals surface area contributed by atoms with Crippen molar-refractivity contribution < 1.29 is 5.11 Å². The molecule has 1 heterocycles. The Bertz CT molecular complexity index is 714. The van der Waals surface area contributed by atoms with Crippen LogP contribution in [0.25, 0.3) is 16.7 Å². The number of nitrogen functional groups attached to an aromatic ring is 1. The zero-order valence-corrected chi connectivity index (χ0v) is 9.96. The standard InChI is InChI=1S/C14H13N3O/c1-9-2-4-10(5-3-9)17-13-8-11(18)6-7-12(13)16-14(17)15/h2-8,18H,1H3,(H2,15,16). The molecule has 0 atom stereocenters. The number of fused-ring (bicyclic) bond motifs is 1. The summed E-state index contributed by atoms with van der Waals surface area (Å²) < 4.78 is 1.83. The Hall–Kier alpha value is -2.49. The first-order valence-corrected chi connectivity index (χ1v) is 5.69. The highest BCUT2D eigenvalue weighted by molar-refractivity contribution is 5.82. The van der Waals surface area contributed by atoms with Crippen LogP contribution in [-0.2, 0) is 0 Å². The van der Waals surface area contributed by atoms with Crippen LogP contribution in [0.4, 0.5) is 5.95 Å². The Labute approximate surface area is 104 Å². The summed E-state index contributed by atoms with van der Waals surface area (Å²) in [5.41, 5.74) is 9.64. The molecule has 0 bridgehead atoms. The molecule has 3 rings (SSSR count). The lowest BCUT2D eigenvalue weighted by atomic mass is 10.2. The van der Waals surface area contributed by atoms with Gasteiger partial charge in [0.1, 0.15) is 5.75 Å². The first kappa shape index (κ1) is 10.7. The summed E-state index contributed by atoms with van der Waals surface area (Å²) in [4.78, 5) is 4.28. The number of phenolic OH excluding ortho intramolecular Hbond substituents is 1. The number of hydrogen-bond donors (Lipinski definition) is 2. The molecule has 2 aromatic carbocycles. The van der Waals surface area contributed by atoms with Crippen molar-refractivity contribution in [2.24, 2.45) is 0 Å². The quantitative estimate of drug-likeness (QED) is 0.686. The van der Waals surface area contributed by atoms with Gasteiger partial charge in [0.15, 0.2) is 0 Å². The topological polar surface area (TPSA) is 64.1 Å². The fourth-order valence-electron chi connectivity index (χ4n) is 2.05. The molecule has 0 unspecified atom stereocenters. The molecule has 0 aliphatic rings. The third-order valence-electron chi connectivity index (χ3n) is 2.96. The van der Waals surface area contributed by atoms with Gasteiger partial charge in [-0.1, -0.05) is 17.7 Å². The zero-order chi connectivity index (χ0) is 12.7. The lowest BCUT2D eigenvalue weighted by Gasteiger charge is -2.06. The summed E-state index contributed by atoms with van der Waals surface area (Å²) in [5, 5.41) is 9.57. The molecule has 90 valence electrons. The maximum Gasteiger partial charge on any atom is 0.205 e. The van der Waals surface area contributed by atoms with Gasteiger partial charge in [0.2, 0.25) is 5.95 Å². The predicted octanol–water partition coefficient (Wildman–Crippen LogP) is 2.62. The van der Waals surface area contributed by atoms with Crippen molar-refractivity contribution in [1.29, 1.82) is 0 Å². The molecular weight excluding hydrogens is 226 g/mol. The summed E-state index contributed by atoms with van der Waals surface area (Å²) in [7, 11) is 0. The second kappa shape index (κ2) is 3.77. The monoisotopic (exact) mass is 239 g/mol. The van der Waals surface area contributed by atoms with Crippen molar-refractivity contribution >= 4 is 17.0 Å². The van der Waals surface area contributed by atoms with Gasteiger partial charge in [-0.15, -0.1) is 0 Å². The average Bonchev–Trinajstić information content (AvgIpc) is 2.66. The minimum Gasteiger partial charge on any atom is -0.508 e. The fourth-order valence-corrected chi connectivity index (χ4v) is 2.05. The second-order valence-corrected chi connectivity index (χ2v) is 4.31. The van der Waals surface area contributed by atoms with E-state index in [-0.39, 0.29) is 5.75 Å². The molecule has 0 amide bonds. The van der Waals surface area contributed by atoms with Crippen molar-refractivity contribution in [2.45, 2.75) is 6.92 Å². The molecule has 0 radical (unpaired) electrons. The van der Waals surface area contributed by atoms with E-state index < -0.39 is 0 Å². The number of nitrogens with zero attached hydrogens (tertiary/aromatic N) is 2. The van der Waals surface area contributed by atoms with Crippen LogP contribution in [0.3, 0.4) is 0 Å². The predicted molar refractivity (Wildman–Crippen MR) is 71.9 cm³/mol. The Morgan fingerprint density at radius 1 is 1.11 bits per heavy atom. The Morgan fingerprint density at radius 2 is 1.83 bits per heavy atom. The number of imidazole rings is 1. The minimum atomic E-state index is 0.204. The van der Waals surface area contributed by atoms with Crippen LogP contribution in [0.15, 0.2) is 42.5 Å². The van der Waals surface area contributed by atoms with Gasteiger partial charge in [-0.3, -0.25) is 4.57 Å². The highest BCUT2D eigenvalue weighted by Crippen LogP contribution is 2.26. The highest BCUT2D eigenvalue weighted by atomic mass is 16.3. The number of phenols is 1. The maximum absolute atomic E-state index is 9.57. The zero-order valence-electron chi connectivity index (χ0n) is 9.96. The van der Waals surface area contributed by atoms with Gasteiger partial charge in [-0.2, -0.15) is 0 Å². The van der Waals surface area contributed by atoms with E-state index in [1.807, 2.05) is 35.8 Å². The Morgan fingerprint density at radius 3 is 2.56 bits per heavy atom. The molecule has 4 heteroatoms. The summed E-state index contributed by atoms with van der Waals surface area (Å²) in [6, 6.07) is 13.0. The van der Waals surface area contributed by atoms with Gasteiger partial charge in [-0.05, 0) is 31.2 Å². The number of benzene rings is 2. The van der Waals surface area contributed by atoms with E-state index in [0.29, 0.717) is 5.95 Å². The number of anilines is 1. The molecule has 18 heavy (non-hydrogen) atoms. The van der Waals surface area contributed by atoms with E-state index >= 15 is 0 Å². The summed E-state index contributed by atoms with van der Waals surface area (Å²) in [6.45, 7) is 2.03. The van der Waals surface area contributed by atoms with Gasteiger partial charge in [0.25, 0.3) is 0 Å². The molecular formula is C14H13N3O. The molecule has 0 fully saturated rings. The van der Waals surface area contributed by atoms with Crippen LogP contribution >= 0.6 is 0 Å². The van der Waals surface area contributed by atoms with E-state index in [2.05, 4.69) is 4.98 Å². The van der Waals surface area contributed by atoms with Crippen LogP contribution in [0.1, 0.15) is 5.56 Å². The van der Waals surface area contributed by atoms with Crippen molar-refractivity contribution in [3.05, 3.63) is 48.0 Å². The van der Waals surface area contributed by atoms with Gasteiger partial charge in [0, 0.05) is 11.8 Å². The number of aromatic nitrogens is 2. The Kier molecular flexibility index (Phi) is 2.23. The molecule has 1 aromatic heterocycles. The average molecular weight is 239 g/mol. The highest BCUT2D eigenvalue weighted by Gasteiger charge is 2.10. The molecule has 3 N–H and O–H groups in total. The molecule has 0 aliphatic carbocycles. The summed E-state index contributed by atoms with van der Waals surface area (Å²) >= 11 is 0. The summed E-state index contributed by atoms with van der Waals surface area (Å²) in [5.74, 6) is 0.621. The summed E-state index contributed by atoms with van der Waals surface area (Å²) in [6.07, 6.45) is 0. The van der Waals surface area contributed by atoms with E-state index in [1.165, 1.54) is 5.56 Å². The maximum atomic E-state index is 9.57. The number of rotatable bonds is 1. The van der Waals surface area contributed by atoms with Crippen molar-refractivity contribution in [3.8, 4) is 11.4 Å². The first-order valence-electron chi connectivity index (χ1n) is 5.69. The molecule has 0 spiro atoms. The van der Waals surface area contributed by atoms with Gasteiger partial charge in [0.05, 0.1) is 11.0 Å². The van der Waals surface area contributed by atoms with Gasteiger partial charge >= 0.3 is 0 Å². The molecule has 0 aliphatic heterocycles. The molecule has 0 saturated heterocycles. The van der Waals surface area contributed by atoms with E-state index in [9.17, 15) is 5.11 Å². The lowest BCUT2D eigenvalue weighted by molar-refractivity contribution is 0.476. The van der Waals surface area contributed by atoms with Crippen molar-refractivity contribution in [3.63, 3.8) is 0 Å². The first-order chi connectivity index (χ1) is 8.65. The largest absolute Gasteiger partial charge is 0.508 e. The van der Waals surface area contributed by atoms with Crippen molar-refractivity contribution in [2.75, 3.05) is 5.73 Å². The van der Waals surface area contributed by atoms with E-state index in [1.54, 1.807) is 18.2 Å². The third-order valence-corrected chi connectivity index (χ3v) is 2.96. The molecule has 4 nitrogen and oxygen atoms in total. The van der Waals surface area contributed by atoms with Crippen LogP contribution in [0.2, 0.25) is 0 Å². The number of aromatic hydroxyl groups is 1. The minimum absolute atomic E-state index is 0.204. The van der Waals surface area contributed by atoms with E-state index in [0.717, 1.165) is 16.7 Å². The molecule has 0 saturated carbocycles. The smallest absolute Gasteiger partial charge is 0.205 e. The van der Waals surface area contributed by atoms with Crippen molar-refractivity contribution in [1.82, 2.24) is 9.55 Å². The number of nitrogens with two attached hydrogens (primary N) is 1. The number of hydrogen-bond acceptors (Lipinski definition) is 3. The lowest BCUT2D eigenvalue weighted by Crippen LogP contribution is -2.00. The SMILES string of the molecule is Cc1ccc(-n2c(N)nc3ccc(O)cc32)cc1. The van der Waals surface area contributed by atoms with Crippen LogP contribution < -0.4 is 5.73 Å². The van der Waals surface area contributed by atoms with Crippen LogP contribution in [0, 0.1) is 6.92 Å². The van der Waals surface area contributed by atoms with Crippen LogP contribution in [-0.4, -0.2) is 14.7 Å². The second-order valence-electron chi connectivity index (χ2n) is 4.31. The van der Waals surface area contributed by atoms with Crippen LogP contribution in [0.5, 0.6) is 5.75 Å². The molecule has 3 aromatic rings. The third kappa shape index (κ3) is 1.59. The van der Waals surface area contributed by atoms with E-state index in [4.69, 9.17) is 5.73 Å². The van der Waals surface area contributed by atoms with Gasteiger partial charge < -0.3 is 10.8 Å². The van der Waals surface area contributed by atoms with Gasteiger partial charge in [-0.25, -0.2) is 4.98 Å². The normalized spacial score (nSPS) is 10.9. The Balaban J connectivity index is 2.30.